The van der Waals surface area contributed by atoms with Crippen LogP contribution in [0.25, 0.3) is 11.7 Å². The minimum atomic E-state index is -0.286. The Hall–Kier alpha value is -3.35. The Kier molecular flexibility index (Phi) is 5.93. The zero-order valence-electron chi connectivity index (χ0n) is 16.4. The number of hydrogen-bond donors (Lipinski definition) is 1. The molecular formula is C21H24N4O3. The number of aromatic nitrogens is 3. The molecule has 3 rings (SSSR count). The highest BCUT2D eigenvalue weighted by molar-refractivity contribution is 5.92. The van der Waals surface area contributed by atoms with Gasteiger partial charge in [-0.05, 0) is 56.7 Å². The van der Waals surface area contributed by atoms with Gasteiger partial charge in [-0.25, -0.2) is 0 Å². The summed E-state index contributed by atoms with van der Waals surface area (Å²) in [5, 5.41) is 11.2. The Balaban J connectivity index is 1.68. The van der Waals surface area contributed by atoms with Crippen LogP contribution in [0.2, 0.25) is 0 Å². The molecule has 3 aromatic rings. The molecule has 0 saturated carbocycles. The van der Waals surface area contributed by atoms with Crippen LogP contribution in [0.1, 0.15) is 38.2 Å². The quantitative estimate of drug-likeness (QED) is 0.636. The molecule has 0 aliphatic carbocycles. The number of methoxy groups -OCH3 is 1. The number of nitrogens with zero attached hydrogens (tertiary/aromatic N) is 3. The van der Waals surface area contributed by atoms with Gasteiger partial charge in [-0.3, -0.25) is 9.20 Å². The molecule has 2 heterocycles. The lowest BCUT2D eigenvalue weighted by atomic mass is 10.2. The van der Waals surface area contributed by atoms with Crippen LogP contribution >= 0.6 is 0 Å². The predicted molar refractivity (Wildman–Crippen MR) is 107 cm³/mol. The summed E-state index contributed by atoms with van der Waals surface area (Å²) in [7, 11) is 1.59. The van der Waals surface area contributed by atoms with Gasteiger partial charge in [0.2, 0.25) is 5.91 Å². The smallest absolute Gasteiger partial charge is 0.244 e. The van der Waals surface area contributed by atoms with Crippen molar-refractivity contribution in [3.8, 4) is 11.5 Å². The number of amides is 1. The summed E-state index contributed by atoms with van der Waals surface area (Å²) in [5.41, 5.74) is 1.58. The maximum absolute atomic E-state index is 12.3. The number of carbonyl (C=O) groups is 1. The molecule has 0 fully saturated rings. The molecular weight excluding hydrogens is 356 g/mol. The first-order valence-corrected chi connectivity index (χ1v) is 9.11. The fraction of sp³-hybridized carbons (Fsp3) is 0.286. The average molecular weight is 380 g/mol. The first-order chi connectivity index (χ1) is 13.5. The SMILES string of the molecule is COc1cc(/C=C/C(=O)NC(C)c2nnc3ccccn23)ccc1OC(C)C. The van der Waals surface area contributed by atoms with Crippen LogP contribution in [0, 0.1) is 0 Å². The van der Waals surface area contributed by atoms with E-state index in [0.29, 0.717) is 17.3 Å². The van der Waals surface area contributed by atoms with Crippen LogP contribution in [0.3, 0.4) is 0 Å². The van der Waals surface area contributed by atoms with E-state index in [1.165, 1.54) is 6.08 Å². The van der Waals surface area contributed by atoms with E-state index >= 15 is 0 Å². The molecule has 7 nitrogen and oxygen atoms in total. The van der Waals surface area contributed by atoms with E-state index in [1.54, 1.807) is 13.2 Å². The number of fused-ring (bicyclic) bond motifs is 1. The summed E-state index contributed by atoms with van der Waals surface area (Å²) in [6.07, 6.45) is 5.13. The standard InChI is InChI=1S/C21H24N4O3/c1-14(2)28-17-10-8-16(13-18(17)27-4)9-11-20(26)22-15(3)21-24-23-19-7-5-6-12-25(19)21/h5-15H,1-4H3,(H,22,26)/b11-9+. The van der Waals surface area contributed by atoms with E-state index in [2.05, 4.69) is 15.5 Å². The first kappa shape index (κ1) is 19.4. The van der Waals surface area contributed by atoms with Crippen molar-refractivity contribution < 1.29 is 14.3 Å². The fourth-order valence-corrected chi connectivity index (χ4v) is 2.79. The Labute approximate surface area is 164 Å². The number of pyridine rings is 1. The zero-order valence-corrected chi connectivity index (χ0v) is 16.4. The van der Waals surface area contributed by atoms with Crippen molar-refractivity contribution in [2.24, 2.45) is 0 Å². The van der Waals surface area contributed by atoms with Crippen LogP contribution in [-0.4, -0.2) is 33.7 Å². The van der Waals surface area contributed by atoms with Crippen molar-refractivity contribution in [1.29, 1.82) is 0 Å². The summed E-state index contributed by atoms with van der Waals surface area (Å²) < 4.78 is 12.9. The molecule has 2 aromatic heterocycles. The molecule has 1 atom stereocenters. The Morgan fingerprint density at radius 2 is 1.96 bits per heavy atom. The van der Waals surface area contributed by atoms with Crippen molar-refractivity contribution in [3.05, 3.63) is 60.1 Å². The van der Waals surface area contributed by atoms with Gasteiger partial charge in [0.05, 0.1) is 19.3 Å². The predicted octanol–water partition coefficient (Wildman–Crippen LogP) is 3.42. The van der Waals surface area contributed by atoms with E-state index in [0.717, 1.165) is 11.2 Å². The molecule has 7 heteroatoms. The largest absolute Gasteiger partial charge is 0.493 e. The van der Waals surface area contributed by atoms with Crippen molar-refractivity contribution >= 4 is 17.6 Å². The van der Waals surface area contributed by atoms with E-state index in [1.807, 2.05) is 67.8 Å². The van der Waals surface area contributed by atoms with Crippen molar-refractivity contribution in [2.45, 2.75) is 32.9 Å². The van der Waals surface area contributed by atoms with Crippen LogP contribution in [0.4, 0.5) is 0 Å². The highest BCUT2D eigenvalue weighted by atomic mass is 16.5. The topological polar surface area (TPSA) is 77.8 Å². The number of ether oxygens (including phenoxy) is 2. The van der Waals surface area contributed by atoms with Gasteiger partial charge < -0.3 is 14.8 Å². The summed E-state index contributed by atoms with van der Waals surface area (Å²) in [4.78, 5) is 12.3. The lowest BCUT2D eigenvalue weighted by molar-refractivity contribution is -0.117. The first-order valence-electron chi connectivity index (χ1n) is 9.11. The van der Waals surface area contributed by atoms with E-state index in [9.17, 15) is 4.79 Å². The number of carbonyl (C=O) groups excluding carboxylic acids is 1. The van der Waals surface area contributed by atoms with Gasteiger partial charge >= 0.3 is 0 Å². The molecule has 1 unspecified atom stereocenters. The van der Waals surface area contributed by atoms with Gasteiger partial charge in [0.25, 0.3) is 0 Å². The van der Waals surface area contributed by atoms with Crippen LogP contribution < -0.4 is 14.8 Å². The van der Waals surface area contributed by atoms with E-state index in [-0.39, 0.29) is 18.1 Å². The van der Waals surface area contributed by atoms with Gasteiger partial charge in [0.1, 0.15) is 0 Å². The molecule has 0 saturated heterocycles. The molecule has 0 aliphatic heterocycles. The number of nitrogens with one attached hydrogen (secondary N) is 1. The monoisotopic (exact) mass is 380 g/mol. The molecule has 1 amide bonds. The molecule has 0 spiro atoms. The van der Waals surface area contributed by atoms with Gasteiger partial charge in [0, 0.05) is 12.3 Å². The number of rotatable bonds is 7. The molecule has 0 radical (unpaired) electrons. The molecule has 1 N–H and O–H groups in total. The highest BCUT2D eigenvalue weighted by Gasteiger charge is 2.14. The van der Waals surface area contributed by atoms with Gasteiger partial charge in [-0.2, -0.15) is 0 Å². The van der Waals surface area contributed by atoms with Crippen LogP contribution in [-0.2, 0) is 4.79 Å². The minimum absolute atomic E-state index is 0.0517. The van der Waals surface area contributed by atoms with Gasteiger partial charge in [-0.15, -0.1) is 10.2 Å². The third kappa shape index (κ3) is 4.49. The van der Waals surface area contributed by atoms with E-state index in [4.69, 9.17) is 9.47 Å². The lowest BCUT2D eigenvalue weighted by Gasteiger charge is -2.13. The third-order valence-electron chi connectivity index (χ3n) is 4.06. The van der Waals surface area contributed by atoms with E-state index < -0.39 is 0 Å². The molecule has 1 aromatic carbocycles. The van der Waals surface area contributed by atoms with Crippen molar-refractivity contribution in [2.75, 3.05) is 7.11 Å². The summed E-state index contributed by atoms with van der Waals surface area (Å²) in [6.45, 7) is 5.78. The number of hydrogen-bond acceptors (Lipinski definition) is 5. The maximum atomic E-state index is 12.3. The molecule has 28 heavy (non-hydrogen) atoms. The number of benzene rings is 1. The lowest BCUT2D eigenvalue weighted by Crippen LogP contribution is -2.26. The maximum Gasteiger partial charge on any atom is 0.244 e. The van der Waals surface area contributed by atoms with Crippen molar-refractivity contribution in [1.82, 2.24) is 19.9 Å². The second-order valence-electron chi connectivity index (χ2n) is 6.63. The zero-order chi connectivity index (χ0) is 20.1. The normalized spacial score (nSPS) is 12.5. The summed E-state index contributed by atoms with van der Waals surface area (Å²) in [6, 6.07) is 10.9. The molecule has 0 aliphatic rings. The second-order valence-corrected chi connectivity index (χ2v) is 6.63. The summed E-state index contributed by atoms with van der Waals surface area (Å²) >= 11 is 0. The van der Waals surface area contributed by atoms with Crippen LogP contribution in [0.5, 0.6) is 11.5 Å². The van der Waals surface area contributed by atoms with Crippen molar-refractivity contribution in [3.63, 3.8) is 0 Å². The van der Waals surface area contributed by atoms with Crippen LogP contribution in [0.15, 0.2) is 48.7 Å². The molecule has 146 valence electrons. The molecule has 0 bridgehead atoms. The van der Waals surface area contributed by atoms with Gasteiger partial charge in [-0.1, -0.05) is 12.1 Å². The Bertz CT molecular complexity index is 994. The fourth-order valence-electron chi connectivity index (χ4n) is 2.79. The summed E-state index contributed by atoms with van der Waals surface area (Å²) in [5.74, 6) is 1.75. The average Bonchev–Trinajstić information content (AvgIpc) is 3.11. The Morgan fingerprint density at radius 1 is 1.14 bits per heavy atom. The highest BCUT2D eigenvalue weighted by Crippen LogP contribution is 2.29. The Morgan fingerprint density at radius 3 is 2.71 bits per heavy atom. The second kappa shape index (κ2) is 8.56. The third-order valence-corrected chi connectivity index (χ3v) is 4.06. The van der Waals surface area contributed by atoms with Gasteiger partial charge in [0.15, 0.2) is 23.0 Å². The minimum Gasteiger partial charge on any atom is -0.493 e.